The Morgan fingerprint density at radius 3 is 2.57 bits per heavy atom. The molecule has 30 heavy (non-hydrogen) atoms. The normalized spacial score (nSPS) is 28.1. The Bertz CT molecular complexity index is 828. The molecule has 0 radical (unpaired) electrons. The van der Waals surface area contributed by atoms with Crippen LogP contribution >= 0.6 is 0 Å². The van der Waals surface area contributed by atoms with E-state index in [2.05, 4.69) is 0 Å². The van der Waals surface area contributed by atoms with Crippen molar-refractivity contribution in [2.45, 2.75) is 48.5 Å². The molecule has 1 N–H and O–H groups in total. The van der Waals surface area contributed by atoms with E-state index in [1.165, 1.54) is 28.4 Å². The number of ether oxygens (including phenoxy) is 3. The third-order valence-electron chi connectivity index (χ3n) is 5.50. The largest absolute Gasteiger partial charge is 0.497 e. The van der Waals surface area contributed by atoms with E-state index < -0.39 is 28.3 Å². The number of fused-ring (bicyclic) bond motifs is 1. The van der Waals surface area contributed by atoms with Gasteiger partial charge in [-0.15, -0.1) is 0 Å². The molecule has 3 rings (SSSR count). The summed E-state index contributed by atoms with van der Waals surface area (Å²) in [6, 6.07) is 5.68. The molecule has 4 atom stereocenters. The molecule has 10 heteroatoms. The lowest BCUT2D eigenvalue weighted by molar-refractivity contribution is -0.150. The standard InChI is InChI=1S/C20H30N2O7S/c1-21(2)20(24)10-16-6-9-18-19(29-16)13-28-12-14(23)11-22(18)30(25,26)17-7-4-15(27-3)5-8-17/h4-5,7-8,14,16,18-19,23H,6,9-13H2,1-3H3/t14-,16+,18+,19-/m0/s1. The number of nitrogens with zero attached hydrogens (tertiary/aromatic N) is 2. The van der Waals surface area contributed by atoms with Gasteiger partial charge in [0.25, 0.3) is 0 Å². The van der Waals surface area contributed by atoms with Crippen molar-refractivity contribution in [1.29, 1.82) is 0 Å². The number of aliphatic hydroxyl groups excluding tert-OH is 1. The molecule has 0 aromatic heterocycles. The molecular weight excluding hydrogens is 412 g/mol. The fourth-order valence-electron chi connectivity index (χ4n) is 3.83. The molecule has 0 unspecified atom stereocenters. The fourth-order valence-corrected chi connectivity index (χ4v) is 5.55. The molecular formula is C20H30N2O7S. The number of sulfonamides is 1. The van der Waals surface area contributed by atoms with Gasteiger partial charge in [-0.1, -0.05) is 0 Å². The SMILES string of the molecule is COc1ccc(S(=O)(=O)N2C[C@H](O)COC[C@@H]3O[C@@H](CC(=O)N(C)C)CC[C@H]32)cc1. The third-order valence-corrected chi connectivity index (χ3v) is 7.41. The van der Waals surface area contributed by atoms with E-state index in [0.29, 0.717) is 18.6 Å². The monoisotopic (exact) mass is 442 g/mol. The van der Waals surface area contributed by atoms with Gasteiger partial charge < -0.3 is 24.2 Å². The summed E-state index contributed by atoms with van der Waals surface area (Å²) >= 11 is 0. The van der Waals surface area contributed by atoms with Gasteiger partial charge in [0, 0.05) is 20.6 Å². The second-order valence-electron chi connectivity index (χ2n) is 7.88. The van der Waals surface area contributed by atoms with Gasteiger partial charge in [0.05, 0.1) is 56.0 Å². The zero-order valence-electron chi connectivity index (χ0n) is 17.6. The van der Waals surface area contributed by atoms with Crippen LogP contribution in [0.15, 0.2) is 29.2 Å². The molecule has 9 nitrogen and oxygen atoms in total. The van der Waals surface area contributed by atoms with Gasteiger partial charge in [0.15, 0.2) is 0 Å². The summed E-state index contributed by atoms with van der Waals surface area (Å²) in [6.07, 6.45) is -0.442. The Kier molecular flexibility index (Phi) is 7.35. The first-order valence-electron chi connectivity index (χ1n) is 9.99. The highest BCUT2D eigenvalue weighted by atomic mass is 32.2. The average Bonchev–Trinajstić information content (AvgIpc) is 2.71. The summed E-state index contributed by atoms with van der Waals surface area (Å²) in [5, 5.41) is 10.3. The van der Waals surface area contributed by atoms with Crippen LogP contribution < -0.4 is 4.74 Å². The molecule has 2 fully saturated rings. The molecule has 2 aliphatic rings. The predicted octanol–water partition coefficient (Wildman–Crippen LogP) is 0.472. The Balaban J connectivity index is 1.84. The minimum atomic E-state index is -3.88. The van der Waals surface area contributed by atoms with Gasteiger partial charge in [0.2, 0.25) is 15.9 Å². The quantitative estimate of drug-likeness (QED) is 0.707. The molecule has 168 valence electrons. The second-order valence-corrected chi connectivity index (χ2v) is 9.77. The number of carbonyl (C=O) groups is 1. The molecule has 1 amide bonds. The molecule has 1 aromatic carbocycles. The Labute approximate surface area is 177 Å². The topological polar surface area (TPSA) is 106 Å². The molecule has 0 spiro atoms. The van der Waals surface area contributed by atoms with Crippen LogP contribution in [0, 0.1) is 0 Å². The van der Waals surface area contributed by atoms with Gasteiger partial charge in [-0.25, -0.2) is 8.42 Å². The first-order chi connectivity index (χ1) is 14.2. The Hall–Kier alpha value is -1.72. The number of hydrogen-bond donors (Lipinski definition) is 1. The zero-order valence-corrected chi connectivity index (χ0v) is 18.4. The van der Waals surface area contributed by atoms with Crippen LogP contribution in [0.25, 0.3) is 0 Å². The minimum Gasteiger partial charge on any atom is -0.497 e. The van der Waals surface area contributed by atoms with Crippen molar-refractivity contribution >= 4 is 15.9 Å². The first-order valence-corrected chi connectivity index (χ1v) is 11.4. The lowest BCUT2D eigenvalue weighted by Gasteiger charge is -2.43. The van der Waals surface area contributed by atoms with Crippen LogP contribution in [0.3, 0.4) is 0 Å². The smallest absolute Gasteiger partial charge is 0.243 e. The molecule has 0 bridgehead atoms. The lowest BCUT2D eigenvalue weighted by Crippen LogP contribution is -2.57. The van der Waals surface area contributed by atoms with Crippen molar-refractivity contribution in [3.05, 3.63) is 24.3 Å². The maximum absolute atomic E-state index is 13.4. The molecule has 2 heterocycles. The number of benzene rings is 1. The summed E-state index contributed by atoms with van der Waals surface area (Å²) in [5.41, 5.74) is 0. The van der Waals surface area contributed by atoms with Crippen LogP contribution in [-0.4, -0.2) is 94.0 Å². The highest BCUT2D eigenvalue weighted by Crippen LogP contribution is 2.32. The van der Waals surface area contributed by atoms with Crippen LogP contribution in [-0.2, 0) is 24.3 Å². The van der Waals surface area contributed by atoms with Crippen molar-refractivity contribution in [3.8, 4) is 5.75 Å². The van der Waals surface area contributed by atoms with Gasteiger partial charge in [-0.05, 0) is 37.1 Å². The van der Waals surface area contributed by atoms with E-state index in [1.807, 2.05) is 0 Å². The summed E-state index contributed by atoms with van der Waals surface area (Å²) in [5.74, 6) is 0.519. The number of β-amino-alcohol motifs (C(OH)–C–C–N with tert-alkyl or cyclic N) is 1. The minimum absolute atomic E-state index is 0.0164. The Morgan fingerprint density at radius 1 is 1.23 bits per heavy atom. The summed E-state index contributed by atoms with van der Waals surface area (Å²) in [4.78, 5) is 13.7. The number of methoxy groups -OCH3 is 1. The van der Waals surface area contributed by atoms with Crippen LogP contribution in [0.1, 0.15) is 19.3 Å². The van der Waals surface area contributed by atoms with Crippen molar-refractivity contribution in [2.24, 2.45) is 0 Å². The predicted molar refractivity (Wildman–Crippen MR) is 109 cm³/mol. The lowest BCUT2D eigenvalue weighted by atomic mass is 9.96. The average molecular weight is 443 g/mol. The highest BCUT2D eigenvalue weighted by Gasteiger charge is 2.43. The van der Waals surface area contributed by atoms with Gasteiger partial charge >= 0.3 is 0 Å². The molecule has 0 saturated carbocycles. The van der Waals surface area contributed by atoms with Gasteiger partial charge in [-0.2, -0.15) is 4.31 Å². The maximum atomic E-state index is 13.4. The second kappa shape index (κ2) is 9.61. The van der Waals surface area contributed by atoms with E-state index in [4.69, 9.17) is 14.2 Å². The van der Waals surface area contributed by atoms with Crippen LogP contribution in [0.4, 0.5) is 0 Å². The van der Waals surface area contributed by atoms with E-state index >= 15 is 0 Å². The van der Waals surface area contributed by atoms with E-state index in [9.17, 15) is 18.3 Å². The summed E-state index contributed by atoms with van der Waals surface area (Å²) in [7, 11) is 1.02. The van der Waals surface area contributed by atoms with Crippen LogP contribution in [0.5, 0.6) is 5.75 Å². The van der Waals surface area contributed by atoms with Crippen molar-refractivity contribution in [1.82, 2.24) is 9.21 Å². The number of carbonyl (C=O) groups excluding carboxylic acids is 1. The third kappa shape index (κ3) is 5.12. The number of hydrogen-bond acceptors (Lipinski definition) is 7. The molecule has 0 aliphatic carbocycles. The number of rotatable bonds is 5. The van der Waals surface area contributed by atoms with Gasteiger partial charge in [0.1, 0.15) is 5.75 Å². The van der Waals surface area contributed by atoms with Crippen molar-refractivity contribution in [2.75, 3.05) is 41.0 Å². The molecule has 2 aliphatic heterocycles. The fraction of sp³-hybridized carbons (Fsp3) is 0.650. The summed E-state index contributed by atoms with van der Waals surface area (Å²) < 4.78 is 44.9. The summed E-state index contributed by atoms with van der Waals surface area (Å²) in [6.45, 7) is 0.0890. The van der Waals surface area contributed by atoms with E-state index in [1.54, 1.807) is 26.2 Å². The van der Waals surface area contributed by atoms with E-state index in [-0.39, 0.29) is 43.1 Å². The number of amides is 1. The van der Waals surface area contributed by atoms with E-state index in [0.717, 1.165) is 0 Å². The van der Waals surface area contributed by atoms with Gasteiger partial charge in [-0.3, -0.25) is 4.79 Å². The van der Waals surface area contributed by atoms with Crippen molar-refractivity contribution in [3.63, 3.8) is 0 Å². The molecule has 2 saturated heterocycles. The number of aliphatic hydroxyl groups is 1. The zero-order chi connectivity index (χ0) is 21.9. The Morgan fingerprint density at radius 2 is 1.93 bits per heavy atom. The highest BCUT2D eigenvalue weighted by molar-refractivity contribution is 7.89. The van der Waals surface area contributed by atoms with Crippen molar-refractivity contribution < 1.29 is 32.5 Å². The molecule has 1 aromatic rings. The maximum Gasteiger partial charge on any atom is 0.243 e. The van der Waals surface area contributed by atoms with Crippen LogP contribution in [0.2, 0.25) is 0 Å². The first kappa shape index (κ1) is 23.0.